The van der Waals surface area contributed by atoms with Gasteiger partial charge in [0.05, 0.1) is 4.92 Å². The summed E-state index contributed by atoms with van der Waals surface area (Å²) in [6.45, 7) is 1.72. The van der Waals surface area contributed by atoms with Gasteiger partial charge in [0.1, 0.15) is 0 Å². The third-order valence-corrected chi connectivity index (χ3v) is 3.15. The van der Waals surface area contributed by atoms with E-state index in [1.54, 1.807) is 19.1 Å². The molecule has 2 N–H and O–H groups in total. The molecule has 0 saturated carbocycles. The normalized spacial score (nSPS) is 10.1. The standard InChI is InChI=1S/C16H14FN3O4/c1-2-15(21)18-11-5-3-10(4-6-11)16(22)19-12-7-8-13(17)14(9-12)20(23)24/h3-9H,2H2,1H3,(H,18,21)(H,19,22). The fraction of sp³-hybridized carbons (Fsp3) is 0.125. The summed E-state index contributed by atoms with van der Waals surface area (Å²) in [5.41, 5.74) is 0.231. The average molecular weight is 331 g/mol. The highest BCUT2D eigenvalue weighted by Crippen LogP contribution is 2.22. The summed E-state index contributed by atoms with van der Waals surface area (Å²) in [7, 11) is 0. The fourth-order valence-electron chi connectivity index (χ4n) is 1.89. The van der Waals surface area contributed by atoms with Crippen LogP contribution in [0, 0.1) is 15.9 Å². The van der Waals surface area contributed by atoms with E-state index in [2.05, 4.69) is 10.6 Å². The van der Waals surface area contributed by atoms with Crippen molar-refractivity contribution in [1.82, 2.24) is 0 Å². The molecule has 0 aliphatic heterocycles. The lowest BCUT2D eigenvalue weighted by atomic mass is 10.2. The van der Waals surface area contributed by atoms with Crippen molar-refractivity contribution in [1.29, 1.82) is 0 Å². The number of hydrogen-bond donors (Lipinski definition) is 2. The molecule has 2 aromatic carbocycles. The molecular weight excluding hydrogens is 317 g/mol. The molecule has 0 atom stereocenters. The zero-order valence-electron chi connectivity index (χ0n) is 12.7. The molecule has 124 valence electrons. The summed E-state index contributed by atoms with van der Waals surface area (Å²) < 4.78 is 13.3. The number of amides is 2. The number of halogens is 1. The number of benzene rings is 2. The van der Waals surface area contributed by atoms with Crippen LogP contribution in [0.1, 0.15) is 23.7 Å². The number of carbonyl (C=O) groups excluding carboxylic acids is 2. The first-order valence-electron chi connectivity index (χ1n) is 7.06. The Morgan fingerprint density at radius 2 is 1.71 bits per heavy atom. The van der Waals surface area contributed by atoms with Crippen LogP contribution in [-0.2, 0) is 4.79 Å². The lowest BCUT2D eigenvalue weighted by molar-refractivity contribution is -0.387. The maximum atomic E-state index is 13.3. The average Bonchev–Trinajstić information content (AvgIpc) is 2.56. The largest absolute Gasteiger partial charge is 0.326 e. The molecule has 0 unspecified atom stereocenters. The predicted molar refractivity (Wildman–Crippen MR) is 86.4 cm³/mol. The van der Waals surface area contributed by atoms with Crippen LogP contribution in [-0.4, -0.2) is 16.7 Å². The van der Waals surface area contributed by atoms with E-state index in [1.807, 2.05) is 0 Å². The molecule has 0 saturated heterocycles. The van der Waals surface area contributed by atoms with E-state index in [1.165, 1.54) is 18.2 Å². The maximum Gasteiger partial charge on any atom is 0.306 e. The van der Waals surface area contributed by atoms with Gasteiger partial charge < -0.3 is 10.6 Å². The second-order valence-electron chi connectivity index (χ2n) is 4.86. The van der Waals surface area contributed by atoms with Gasteiger partial charge in [-0.15, -0.1) is 0 Å². The van der Waals surface area contributed by atoms with E-state index in [0.717, 1.165) is 12.1 Å². The van der Waals surface area contributed by atoms with Crippen molar-refractivity contribution < 1.29 is 18.9 Å². The zero-order valence-corrected chi connectivity index (χ0v) is 12.7. The number of anilines is 2. The van der Waals surface area contributed by atoms with Crippen molar-refractivity contribution in [3.63, 3.8) is 0 Å². The van der Waals surface area contributed by atoms with Gasteiger partial charge in [0.2, 0.25) is 11.7 Å². The third kappa shape index (κ3) is 4.13. The van der Waals surface area contributed by atoms with Crippen LogP contribution >= 0.6 is 0 Å². The van der Waals surface area contributed by atoms with Gasteiger partial charge >= 0.3 is 5.69 Å². The highest BCUT2D eigenvalue weighted by Gasteiger charge is 2.15. The second-order valence-corrected chi connectivity index (χ2v) is 4.86. The van der Waals surface area contributed by atoms with E-state index in [4.69, 9.17) is 0 Å². The number of nitrogens with one attached hydrogen (secondary N) is 2. The van der Waals surface area contributed by atoms with Gasteiger partial charge in [-0.05, 0) is 36.4 Å². The molecule has 0 aliphatic rings. The van der Waals surface area contributed by atoms with Crippen molar-refractivity contribution >= 4 is 28.9 Å². The number of nitrogens with zero attached hydrogens (tertiary/aromatic N) is 1. The Hall–Kier alpha value is -3.29. The second kappa shape index (κ2) is 7.32. The number of carbonyl (C=O) groups is 2. The summed E-state index contributed by atoms with van der Waals surface area (Å²) in [5, 5.41) is 15.8. The summed E-state index contributed by atoms with van der Waals surface area (Å²) in [4.78, 5) is 33.2. The molecule has 0 bridgehead atoms. The molecule has 0 aliphatic carbocycles. The minimum Gasteiger partial charge on any atom is -0.326 e. The lowest BCUT2D eigenvalue weighted by Gasteiger charge is -2.07. The van der Waals surface area contributed by atoms with E-state index in [9.17, 15) is 24.1 Å². The van der Waals surface area contributed by atoms with Crippen LogP contribution in [0.15, 0.2) is 42.5 Å². The number of nitro groups is 1. The highest BCUT2D eigenvalue weighted by molar-refractivity contribution is 6.04. The van der Waals surface area contributed by atoms with Crippen LogP contribution in [0.4, 0.5) is 21.5 Å². The summed E-state index contributed by atoms with van der Waals surface area (Å²) >= 11 is 0. The van der Waals surface area contributed by atoms with Gasteiger partial charge in [-0.3, -0.25) is 19.7 Å². The van der Waals surface area contributed by atoms with Crippen LogP contribution in [0.5, 0.6) is 0 Å². The van der Waals surface area contributed by atoms with Crippen LogP contribution < -0.4 is 10.6 Å². The summed E-state index contributed by atoms with van der Waals surface area (Å²) in [6, 6.07) is 9.22. The molecule has 2 amide bonds. The SMILES string of the molecule is CCC(=O)Nc1ccc(C(=O)Nc2ccc(F)c([N+](=O)[O-])c2)cc1. The monoisotopic (exact) mass is 331 g/mol. The summed E-state index contributed by atoms with van der Waals surface area (Å²) in [5.74, 6) is -1.64. The van der Waals surface area contributed by atoms with Crippen LogP contribution in [0.25, 0.3) is 0 Å². The first kappa shape index (κ1) is 17.1. The van der Waals surface area contributed by atoms with Crippen LogP contribution in [0.2, 0.25) is 0 Å². The van der Waals surface area contributed by atoms with E-state index in [0.29, 0.717) is 12.1 Å². The smallest absolute Gasteiger partial charge is 0.306 e. The minimum atomic E-state index is -0.978. The highest BCUT2D eigenvalue weighted by atomic mass is 19.1. The van der Waals surface area contributed by atoms with Crippen molar-refractivity contribution in [3.8, 4) is 0 Å². The van der Waals surface area contributed by atoms with E-state index < -0.39 is 22.3 Å². The Morgan fingerprint density at radius 1 is 1.08 bits per heavy atom. The topological polar surface area (TPSA) is 101 Å². The molecule has 2 aromatic rings. The molecular formula is C16H14FN3O4. The maximum absolute atomic E-state index is 13.3. The zero-order chi connectivity index (χ0) is 17.7. The molecule has 8 heteroatoms. The molecule has 0 radical (unpaired) electrons. The van der Waals surface area contributed by atoms with Crippen molar-refractivity contribution in [2.75, 3.05) is 10.6 Å². The number of rotatable bonds is 5. The third-order valence-electron chi connectivity index (χ3n) is 3.15. The number of hydrogen-bond acceptors (Lipinski definition) is 4. The van der Waals surface area contributed by atoms with Crippen molar-refractivity contribution in [3.05, 3.63) is 64.0 Å². The van der Waals surface area contributed by atoms with Gasteiger partial charge in [-0.25, -0.2) is 0 Å². The van der Waals surface area contributed by atoms with Gasteiger partial charge in [0.25, 0.3) is 5.91 Å². The molecule has 0 heterocycles. The molecule has 7 nitrogen and oxygen atoms in total. The van der Waals surface area contributed by atoms with Gasteiger partial charge in [0, 0.05) is 29.4 Å². The Balaban J connectivity index is 2.11. The Labute approximate surface area is 136 Å². The number of nitro benzene ring substituents is 1. The van der Waals surface area contributed by atoms with Gasteiger partial charge in [-0.1, -0.05) is 6.92 Å². The summed E-state index contributed by atoms with van der Waals surface area (Å²) in [6.07, 6.45) is 0.339. The van der Waals surface area contributed by atoms with Gasteiger partial charge in [0.15, 0.2) is 0 Å². The minimum absolute atomic E-state index is 0.108. The fourth-order valence-corrected chi connectivity index (χ4v) is 1.89. The van der Waals surface area contributed by atoms with Crippen LogP contribution in [0.3, 0.4) is 0 Å². The Bertz CT molecular complexity index is 790. The predicted octanol–water partition coefficient (Wildman–Crippen LogP) is 3.33. The van der Waals surface area contributed by atoms with Crippen molar-refractivity contribution in [2.24, 2.45) is 0 Å². The van der Waals surface area contributed by atoms with E-state index >= 15 is 0 Å². The van der Waals surface area contributed by atoms with Crippen molar-refractivity contribution in [2.45, 2.75) is 13.3 Å². The molecule has 24 heavy (non-hydrogen) atoms. The molecule has 2 rings (SSSR count). The first-order chi connectivity index (χ1) is 11.4. The molecule has 0 spiro atoms. The molecule has 0 aromatic heterocycles. The lowest BCUT2D eigenvalue weighted by Crippen LogP contribution is -2.13. The molecule has 0 fully saturated rings. The Kier molecular flexibility index (Phi) is 5.20. The first-order valence-corrected chi connectivity index (χ1v) is 7.06. The quantitative estimate of drug-likeness (QED) is 0.648. The van der Waals surface area contributed by atoms with E-state index in [-0.39, 0.29) is 17.2 Å². The van der Waals surface area contributed by atoms with Gasteiger partial charge in [-0.2, -0.15) is 4.39 Å². The Morgan fingerprint density at radius 3 is 2.29 bits per heavy atom.